The van der Waals surface area contributed by atoms with E-state index in [1.807, 2.05) is 0 Å². The van der Waals surface area contributed by atoms with Crippen LogP contribution in [0.15, 0.2) is 24.3 Å². The van der Waals surface area contributed by atoms with Gasteiger partial charge in [-0.05, 0) is 36.8 Å². The second-order valence-corrected chi connectivity index (χ2v) is 5.70. The lowest BCUT2D eigenvalue weighted by Crippen LogP contribution is -2.27. The fourth-order valence-corrected chi connectivity index (χ4v) is 2.97. The van der Waals surface area contributed by atoms with Crippen molar-refractivity contribution in [3.8, 4) is 5.75 Å². The molecule has 1 saturated carbocycles. The van der Waals surface area contributed by atoms with Crippen molar-refractivity contribution < 1.29 is 9.90 Å². The molecule has 2 rings (SSSR count). The van der Waals surface area contributed by atoms with Crippen molar-refractivity contribution in [1.82, 2.24) is 5.32 Å². The van der Waals surface area contributed by atoms with Gasteiger partial charge >= 0.3 is 0 Å². The number of phenols is 1. The molecule has 0 bridgehead atoms. The van der Waals surface area contributed by atoms with Crippen LogP contribution in [0.4, 0.5) is 0 Å². The number of carbonyl (C=O) groups excluding carboxylic acids is 1. The third-order valence-electron chi connectivity index (χ3n) is 4.03. The fraction of sp³-hybridized carbons (Fsp3) is 0.562. The second kappa shape index (κ2) is 6.60. The van der Waals surface area contributed by atoms with Gasteiger partial charge in [0.25, 0.3) is 5.91 Å². The van der Waals surface area contributed by atoms with Gasteiger partial charge in [0.2, 0.25) is 0 Å². The van der Waals surface area contributed by atoms with Crippen molar-refractivity contribution in [2.75, 3.05) is 6.54 Å². The smallest absolute Gasteiger partial charge is 0.255 e. The largest absolute Gasteiger partial charge is 0.507 e. The summed E-state index contributed by atoms with van der Waals surface area (Å²) < 4.78 is 0. The van der Waals surface area contributed by atoms with E-state index in [0.29, 0.717) is 12.1 Å². The summed E-state index contributed by atoms with van der Waals surface area (Å²) in [6.07, 6.45) is 6.28. The average molecular weight is 261 g/mol. The Labute approximate surface area is 115 Å². The molecule has 0 spiro atoms. The van der Waals surface area contributed by atoms with E-state index in [-0.39, 0.29) is 11.7 Å². The zero-order chi connectivity index (χ0) is 13.7. The molecule has 2 unspecified atom stereocenters. The lowest BCUT2D eigenvalue weighted by atomic mass is 9.81. The Bertz CT molecular complexity index is 431. The molecule has 0 saturated heterocycles. The first-order valence-electron chi connectivity index (χ1n) is 7.23. The van der Waals surface area contributed by atoms with Gasteiger partial charge in [0.1, 0.15) is 5.75 Å². The van der Waals surface area contributed by atoms with Gasteiger partial charge in [-0.15, -0.1) is 0 Å². The van der Waals surface area contributed by atoms with Crippen molar-refractivity contribution >= 4 is 5.91 Å². The number of amides is 1. The highest BCUT2D eigenvalue weighted by atomic mass is 16.3. The van der Waals surface area contributed by atoms with Crippen LogP contribution in [0, 0.1) is 11.8 Å². The highest BCUT2D eigenvalue weighted by Crippen LogP contribution is 2.30. The number of hydrogen-bond acceptors (Lipinski definition) is 2. The zero-order valence-corrected chi connectivity index (χ0v) is 11.6. The molecule has 0 radical (unpaired) electrons. The third-order valence-corrected chi connectivity index (χ3v) is 4.03. The molecule has 2 atom stereocenters. The number of benzene rings is 1. The number of phenolic OH excluding ortho intramolecular Hbond substituents is 1. The monoisotopic (exact) mass is 261 g/mol. The summed E-state index contributed by atoms with van der Waals surface area (Å²) in [6, 6.07) is 6.66. The van der Waals surface area contributed by atoms with Crippen LogP contribution >= 0.6 is 0 Å². The highest BCUT2D eigenvalue weighted by Gasteiger charge is 2.18. The maximum Gasteiger partial charge on any atom is 0.255 e. The summed E-state index contributed by atoms with van der Waals surface area (Å²) in [4.78, 5) is 11.9. The van der Waals surface area contributed by atoms with Crippen molar-refractivity contribution in [3.05, 3.63) is 29.8 Å². The van der Waals surface area contributed by atoms with Gasteiger partial charge in [0.05, 0.1) is 5.56 Å². The second-order valence-electron chi connectivity index (χ2n) is 5.70. The number of hydrogen-bond donors (Lipinski definition) is 2. The van der Waals surface area contributed by atoms with Crippen molar-refractivity contribution in [3.63, 3.8) is 0 Å². The van der Waals surface area contributed by atoms with Crippen LogP contribution in [0.3, 0.4) is 0 Å². The number of carbonyl (C=O) groups is 1. The molecule has 1 aromatic carbocycles. The number of para-hydroxylation sites is 1. The molecule has 1 aliphatic rings. The van der Waals surface area contributed by atoms with E-state index in [1.165, 1.54) is 31.7 Å². The Morgan fingerprint density at radius 3 is 2.89 bits per heavy atom. The molecule has 2 N–H and O–H groups in total. The molecule has 1 aliphatic carbocycles. The molecule has 0 heterocycles. The van der Waals surface area contributed by atoms with Crippen LogP contribution in [0.2, 0.25) is 0 Å². The van der Waals surface area contributed by atoms with E-state index in [9.17, 15) is 9.90 Å². The molecule has 104 valence electrons. The molecule has 1 amide bonds. The molecule has 0 aromatic heterocycles. The van der Waals surface area contributed by atoms with Gasteiger partial charge in [-0.25, -0.2) is 0 Å². The standard InChI is InChI=1S/C16H23NO2/c1-12-5-4-6-13(11-12)9-10-17-16(19)14-7-2-3-8-15(14)18/h2-3,7-8,12-13,18H,4-6,9-11H2,1H3,(H,17,19). The Morgan fingerprint density at radius 2 is 2.16 bits per heavy atom. The molecular weight excluding hydrogens is 238 g/mol. The first-order chi connectivity index (χ1) is 9.16. The Hall–Kier alpha value is -1.51. The predicted molar refractivity (Wildman–Crippen MR) is 76.2 cm³/mol. The molecule has 3 nitrogen and oxygen atoms in total. The summed E-state index contributed by atoms with van der Waals surface area (Å²) in [5.74, 6) is 1.44. The van der Waals surface area contributed by atoms with E-state index in [2.05, 4.69) is 12.2 Å². The highest BCUT2D eigenvalue weighted by molar-refractivity contribution is 5.96. The minimum Gasteiger partial charge on any atom is -0.507 e. The SMILES string of the molecule is CC1CCCC(CCNC(=O)c2ccccc2O)C1. The van der Waals surface area contributed by atoms with E-state index in [0.717, 1.165) is 18.3 Å². The third kappa shape index (κ3) is 3.98. The Morgan fingerprint density at radius 1 is 1.37 bits per heavy atom. The molecule has 19 heavy (non-hydrogen) atoms. The first kappa shape index (κ1) is 13.9. The van der Waals surface area contributed by atoms with Gasteiger partial charge in [0, 0.05) is 6.54 Å². The number of nitrogens with one attached hydrogen (secondary N) is 1. The number of rotatable bonds is 4. The topological polar surface area (TPSA) is 49.3 Å². The normalized spacial score (nSPS) is 23.0. The van der Waals surface area contributed by atoms with Gasteiger partial charge in [-0.1, -0.05) is 38.3 Å². The van der Waals surface area contributed by atoms with Gasteiger partial charge < -0.3 is 10.4 Å². The van der Waals surface area contributed by atoms with Crippen molar-refractivity contribution in [1.29, 1.82) is 0 Å². The summed E-state index contributed by atoms with van der Waals surface area (Å²) in [5.41, 5.74) is 0.361. The van der Waals surface area contributed by atoms with Crippen LogP contribution in [0.5, 0.6) is 5.75 Å². The van der Waals surface area contributed by atoms with Crippen LogP contribution < -0.4 is 5.32 Å². The van der Waals surface area contributed by atoms with Crippen LogP contribution in [-0.4, -0.2) is 17.6 Å². The van der Waals surface area contributed by atoms with E-state index in [1.54, 1.807) is 18.2 Å². The van der Waals surface area contributed by atoms with Gasteiger partial charge in [-0.3, -0.25) is 4.79 Å². The summed E-state index contributed by atoms with van der Waals surface area (Å²) in [6.45, 7) is 3.01. The summed E-state index contributed by atoms with van der Waals surface area (Å²) in [7, 11) is 0. The quantitative estimate of drug-likeness (QED) is 0.873. The van der Waals surface area contributed by atoms with Crippen LogP contribution in [-0.2, 0) is 0 Å². The minimum absolute atomic E-state index is 0.0475. The van der Waals surface area contributed by atoms with Gasteiger partial charge in [0.15, 0.2) is 0 Å². The zero-order valence-electron chi connectivity index (χ0n) is 11.6. The lowest BCUT2D eigenvalue weighted by molar-refractivity contribution is 0.0947. The summed E-state index contributed by atoms with van der Waals surface area (Å²) >= 11 is 0. The molecule has 3 heteroatoms. The van der Waals surface area contributed by atoms with Gasteiger partial charge in [-0.2, -0.15) is 0 Å². The fourth-order valence-electron chi connectivity index (χ4n) is 2.97. The van der Waals surface area contributed by atoms with Crippen molar-refractivity contribution in [2.45, 2.75) is 39.0 Å². The summed E-state index contributed by atoms with van der Waals surface area (Å²) in [5, 5.41) is 12.5. The maximum absolute atomic E-state index is 11.9. The average Bonchev–Trinajstić information content (AvgIpc) is 2.39. The number of aromatic hydroxyl groups is 1. The van der Waals surface area contributed by atoms with E-state index in [4.69, 9.17) is 0 Å². The van der Waals surface area contributed by atoms with E-state index >= 15 is 0 Å². The predicted octanol–water partition coefficient (Wildman–Crippen LogP) is 3.34. The van der Waals surface area contributed by atoms with Crippen LogP contribution in [0.25, 0.3) is 0 Å². The Kier molecular flexibility index (Phi) is 4.83. The maximum atomic E-state index is 11.9. The minimum atomic E-state index is -0.179. The molecule has 1 fully saturated rings. The molecule has 0 aliphatic heterocycles. The molecular formula is C16H23NO2. The van der Waals surface area contributed by atoms with Crippen molar-refractivity contribution in [2.24, 2.45) is 11.8 Å². The Balaban J connectivity index is 1.76. The first-order valence-corrected chi connectivity index (χ1v) is 7.23. The molecule has 1 aromatic rings. The lowest BCUT2D eigenvalue weighted by Gasteiger charge is -2.26. The van der Waals surface area contributed by atoms with E-state index < -0.39 is 0 Å². The van der Waals surface area contributed by atoms with Crippen LogP contribution in [0.1, 0.15) is 49.4 Å².